The van der Waals surface area contributed by atoms with Gasteiger partial charge in [0.05, 0.1) is 12.7 Å². The van der Waals surface area contributed by atoms with Crippen LogP contribution in [0, 0.1) is 0 Å². The fraction of sp³-hybridized carbons (Fsp3) is 0.133. The second-order valence-electron chi connectivity index (χ2n) is 4.31. The molecule has 0 saturated carbocycles. The van der Waals surface area contributed by atoms with Crippen LogP contribution in [0.25, 0.3) is 6.08 Å². The van der Waals surface area contributed by atoms with Crippen molar-refractivity contribution in [1.29, 1.82) is 0 Å². The average molecular weight is 285 g/mol. The lowest BCUT2D eigenvalue weighted by Crippen LogP contribution is -2.08. The van der Waals surface area contributed by atoms with Crippen LogP contribution in [-0.2, 0) is 16.6 Å². The van der Waals surface area contributed by atoms with E-state index >= 15 is 0 Å². The number of aryl methyl sites for hydroxylation is 1. The number of amides is 1. The third-order valence-electron chi connectivity index (χ3n) is 2.72. The van der Waals surface area contributed by atoms with E-state index in [4.69, 9.17) is 0 Å². The fourth-order valence-corrected chi connectivity index (χ4v) is 1.67. The number of nitrogens with one attached hydrogen (secondary N) is 1. The van der Waals surface area contributed by atoms with Crippen LogP contribution in [0.3, 0.4) is 0 Å². The molecule has 0 radical (unpaired) electrons. The van der Waals surface area contributed by atoms with Crippen LogP contribution in [0.4, 0.5) is 5.82 Å². The number of benzene rings is 1. The van der Waals surface area contributed by atoms with Crippen molar-refractivity contribution in [2.45, 2.75) is 0 Å². The molecule has 1 N–H and O–H groups in total. The van der Waals surface area contributed by atoms with E-state index in [2.05, 4.69) is 15.2 Å². The standard InChI is InChI=1S/C15H15N3O3/c1-18-10-9-13(17-18)16-14(19)8-5-11-3-6-12(7-4-11)15(20)21-2/h3-10H,1-2H3,(H,16,17,19)/b8-5+. The van der Waals surface area contributed by atoms with Crippen molar-refractivity contribution >= 4 is 23.8 Å². The molecular weight excluding hydrogens is 270 g/mol. The van der Waals surface area contributed by atoms with E-state index in [9.17, 15) is 9.59 Å². The van der Waals surface area contributed by atoms with E-state index in [0.29, 0.717) is 11.4 Å². The lowest BCUT2D eigenvalue weighted by Gasteiger charge is -1.99. The number of carbonyl (C=O) groups is 2. The highest BCUT2D eigenvalue weighted by molar-refractivity contribution is 6.01. The summed E-state index contributed by atoms with van der Waals surface area (Å²) >= 11 is 0. The maximum absolute atomic E-state index is 11.7. The molecule has 0 fully saturated rings. The Balaban J connectivity index is 1.97. The topological polar surface area (TPSA) is 73.2 Å². The number of nitrogens with zero attached hydrogens (tertiary/aromatic N) is 2. The van der Waals surface area contributed by atoms with E-state index in [0.717, 1.165) is 5.56 Å². The molecule has 6 heteroatoms. The highest BCUT2D eigenvalue weighted by Gasteiger charge is 2.04. The summed E-state index contributed by atoms with van der Waals surface area (Å²) in [4.78, 5) is 23.0. The molecule has 0 aliphatic rings. The predicted octanol–water partition coefficient (Wildman–Crippen LogP) is 1.86. The van der Waals surface area contributed by atoms with Gasteiger partial charge >= 0.3 is 5.97 Å². The summed E-state index contributed by atoms with van der Waals surface area (Å²) < 4.78 is 6.21. The minimum absolute atomic E-state index is 0.272. The van der Waals surface area contributed by atoms with Crippen LogP contribution in [0.1, 0.15) is 15.9 Å². The number of ether oxygens (including phenoxy) is 1. The Morgan fingerprint density at radius 1 is 1.24 bits per heavy atom. The van der Waals surface area contributed by atoms with Gasteiger partial charge in [-0.05, 0) is 23.8 Å². The monoisotopic (exact) mass is 285 g/mol. The zero-order valence-corrected chi connectivity index (χ0v) is 11.7. The highest BCUT2D eigenvalue weighted by Crippen LogP contribution is 2.08. The van der Waals surface area contributed by atoms with E-state index in [1.807, 2.05) is 0 Å². The van der Waals surface area contributed by atoms with Crippen molar-refractivity contribution in [1.82, 2.24) is 9.78 Å². The van der Waals surface area contributed by atoms with Gasteiger partial charge in [-0.15, -0.1) is 0 Å². The molecule has 1 heterocycles. The van der Waals surface area contributed by atoms with Gasteiger partial charge in [0.15, 0.2) is 5.82 Å². The molecule has 0 aliphatic carbocycles. The van der Waals surface area contributed by atoms with Crippen LogP contribution >= 0.6 is 0 Å². The van der Waals surface area contributed by atoms with E-state index < -0.39 is 5.97 Å². The minimum atomic E-state index is -0.390. The fourth-order valence-electron chi connectivity index (χ4n) is 1.67. The smallest absolute Gasteiger partial charge is 0.337 e. The molecular formula is C15H15N3O3. The first kappa shape index (κ1) is 14.5. The number of esters is 1. The molecule has 1 aromatic carbocycles. The molecule has 2 rings (SSSR count). The van der Waals surface area contributed by atoms with Gasteiger partial charge in [-0.3, -0.25) is 9.48 Å². The number of carbonyl (C=O) groups excluding carboxylic acids is 2. The zero-order chi connectivity index (χ0) is 15.2. The maximum atomic E-state index is 11.7. The van der Waals surface area contributed by atoms with E-state index in [1.165, 1.54) is 13.2 Å². The van der Waals surface area contributed by atoms with Crippen molar-refractivity contribution in [2.24, 2.45) is 7.05 Å². The molecule has 0 bridgehead atoms. The summed E-state index contributed by atoms with van der Waals surface area (Å²) in [5.74, 6) is -0.169. The molecule has 0 saturated heterocycles. The SMILES string of the molecule is COC(=O)c1ccc(/C=C/C(=O)Nc2ccn(C)n2)cc1. The van der Waals surface area contributed by atoms with Gasteiger partial charge in [-0.25, -0.2) is 4.79 Å². The lowest BCUT2D eigenvalue weighted by molar-refractivity contribution is -0.111. The summed E-state index contributed by atoms with van der Waals surface area (Å²) in [6.07, 6.45) is 4.80. The third kappa shape index (κ3) is 4.04. The molecule has 108 valence electrons. The second kappa shape index (κ2) is 6.51. The molecule has 2 aromatic rings. The van der Waals surface area contributed by atoms with Gasteiger partial charge in [0.25, 0.3) is 0 Å². The Morgan fingerprint density at radius 3 is 2.52 bits per heavy atom. The van der Waals surface area contributed by atoms with Gasteiger partial charge in [-0.2, -0.15) is 5.10 Å². The Labute approximate surface area is 122 Å². The molecule has 6 nitrogen and oxygen atoms in total. The van der Waals surface area contributed by atoms with Crippen molar-refractivity contribution in [3.63, 3.8) is 0 Å². The Hall–Kier alpha value is -2.89. The molecule has 0 unspecified atom stereocenters. The summed E-state index contributed by atoms with van der Waals surface area (Å²) in [6, 6.07) is 8.45. The quantitative estimate of drug-likeness (QED) is 0.687. The van der Waals surface area contributed by atoms with Gasteiger partial charge in [0, 0.05) is 25.4 Å². The van der Waals surface area contributed by atoms with Crippen LogP contribution in [0.5, 0.6) is 0 Å². The van der Waals surface area contributed by atoms with Crippen LogP contribution in [0.15, 0.2) is 42.6 Å². The van der Waals surface area contributed by atoms with E-state index in [1.54, 1.807) is 54.3 Å². The van der Waals surface area contributed by atoms with Crippen LogP contribution < -0.4 is 5.32 Å². The molecule has 21 heavy (non-hydrogen) atoms. The molecule has 0 spiro atoms. The Bertz CT molecular complexity index is 672. The summed E-state index contributed by atoms with van der Waals surface area (Å²) in [5.41, 5.74) is 1.27. The predicted molar refractivity (Wildman–Crippen MR) is 78.7 cm³/mol. The van der Waals surface area contributed by atoms with Crippen molar-refractivity contribution < 1.29 is 14.3 Å². The first-order chi connectivity index (χ1) is 10.1. The van der Waals surface area contributed by atoms with Gasteiger partial charge in [-0.1, -0.05) is 12.1 Å². The number of anilines is 1. The van der Waals surface area contributed by atoms with Crippen molar-refractivity contribution in [2.75, 3.05) is 12.4 Å². The summed E-state index contributed by atoms with van der Waals surface area (Å²) in [5, 5.41) is 6.69. The zero-order valence-electron chi connectivity index (χ0n) is 11.7. The van der Waals surface area contributed by atoms with E-state index in [-0.39, 0.29) is 5.91 Å². The van der Waals surface area contributed by atoms with Crippen LogP contribution in [0.2, 0.25) is 0 Å². The molecule has 0 aliphatic heterocycles. The largest absolute Gasteiger partial charge is 0.465 e. The second-order valence-corrected chi connectivity index (χ2v) is 4.31. The number of rotatable bonds is 4. The Kier molecular flexibility index (Phi) is 4.50. The number of aromatic nitrogens is 2. The van der Waals surface area contributed by atoms with Crippen molar-refractivity contribution in [3.05, 3.63) is 53.7 Å². The summed E-state index contributed by atoms with van der Waals surface area (Å²) in [6.45, 7) is 0. The maximum Gasteiger partial charge on any atom is 0.337 e. The minimum Gasteiger partial charge on any atom is -0.465 e. The first-order valence-corrected chi connectivity index (χ1v) is 6.25. The van der Waals surface area contributed by atoms with Crippen LogP contribution in [-0.4, -0.2) is 28.8 Å². The lowest BCUT2D eigenvalue weighted by atomic mass is 10.1. The molecule has 1 aromatic heterocycles. The number of hydrogen-bond acceptors (Lipinski definition) is 4. The number of hydrogen-bond donors (Lipinski definition) is 1. The average Bonchev–Trinajstić information content (AvgIpc) is 2.90. The first-order valence-electron chi connectivity index (χ1n) is 6.25. The highest BCUT2D eigenvalue weighted by atomic mass is 16.5. The normalized spacial score (nSPS) is 10.6. The number of methoxy groups -OCH3 is 1. The third-order valence-corrected chi connectivity index (χ3v) is 2.72. The Morgan fingerprint density at radius 2 is 1.95 bits per heavy atom. The van der Waals surface area contributed by atoms with Gasteiger partial charge in [0.1, 0.15) is 0 Å². The molecule has 1 amide bonds. The van der Waals surface area contributed by atoms with Crippen molar-refractivity contribution in [3.8, 4) is 0 Å². The van der Waals surface area contributed by atoms with Gasteiger partial charge < -0.3 is 10.1 Å². The molecule has 0 atom stereocenters. The van der Waals surface area contributed by atoms with Gasteiger partial charge in [0.2, 0.25) is 5.91 Å². The summed E-state index contributed by atoms with van der Waals surface area (Å²) in [7, 11) is 3.10.